The summed E-state index contributed by atoms with van der Waals surface area (Å²) in [5.41, 5.74) is 2.61. The molecular weight excluding hydrogens is 362 g/mol. The number of carbonyl (C=O) groups excluding carboxylic acids is 1. The number of nitrogens with one attached hydrogen (secondary N) is 1. The van der Waals surface area contributed by atoms with Crippen molar-refractivity contribution in [2.24, 2.45) is 0 Å². The molecule has 0 saturated heterocycles. The first-order valence-electron chi connectivity index (χ1n) is 9.20. The zero-order valence-corrected chi connectivity index (χ0v) is 17.2. The van der Waals surface area contributed by atoms with E-state index < -0.39 is 10.0 Å². The van der Waals surface area contributed by atoms with Crippen LogP contribution >= 0.6 is 0 Å². The van der Waals surface area contributed by atoms with Crippen molar-refractivity contribution in [3.05, 3.63) is 53.9 Å². The lowest BCUT2D eigenvalue weighted by Gasteiger charge is -2.18. The van der Waals surface area contributed by atoms with Crippen LogP contribution in [-0.4, -0.2) is 31.7 Å². The van der Waals surface area contributed by atoms with Gasteiger partial charge in [0.2, 0.25) is 16.6 Å². The summed E-state index contributed by atoms with van der Waals surface area (Å²) in [7, 11) is -3.56. The topological polar surface area (TPSA) is 70.4 Å². The van der Waals surface area contributed by atoms with Gasteiger partial charge in [-0.05, 0) is 30.7 Å². The first-order valence-corrected chi connectivity index (χ1v) is 10.6. The van der Waals surface area contributed by atoms with E-state index in [0.29, 0.717) is 18.8 Å². The predicted molar refractivity (Wildman–Crippen MR) is 106 cm³/mol. The van der Waals surface area contributed by atoms with E-state index in [-0.39, 0.29) is 17.3 Å². The lowest BCUT2D eigenvalue weighted by molar-refractivity contribution is -0.690. The monoisotopic (exact) mass is 390 g/mol. The Bertz CT molecular complexity index is 906. The summed E-state index contributed by atoms with van der Waals surface area (Å²) < 4.78 is 28.6. The van der Waals surface area contributed by atoms with E-state index in [1.807, 2.05) is 29.8 Å². The molecule has 1 aromatic carbocycles. The zero-order chi connectivity index (χ0) is 20.0. The minimum Gasteiger partial charge on any atom is -0.321 e. The quantitative estimate of drug-likeness (QED) is 0.704. The van der Waals surface area contributed by atoms with Gasteiger partial charge in [0, 0.05) is 37.3 Å². The van der Waals surface area contributed by atoms with Gasteiger partial charge in [-0.3, -0.25) is 4.79 Å². The van der Waals surface area contributed by atoms with Gasteiger partial charge in [-0.1, -0.05) is 26.8 Å². The fourth-order valence-electron chi connectivity index (χ4n) is 2.85. The van der Waals surface area contributed by atoms with E-state index in [4.69, 9.17) is 0 Å². The fourth-order valence-corrected chi connectivity index (χ4v) is 4.35. The average molecular weight is 391 g/mol. The molecule has 1 heterocycles. The summed E-state index contributed by atoms with van der Waals surface area (Å²) in [4.78, 5) is 12.6. The van der Waals surface area contributed by atoms with Crippen LogP contribution in [0.1, 0.15) is 32.0 Å². The first kappa shape index (κ1) is 21.1. The van der Waals surface area contributed by atoms with Crippen LogP contribution in [-0.2, 0) is 27.8 Å². The smallest absolute Gasteiger partial charge is 0.290 e. The Labute approximate surface area is 161 Å². The van der Waals surface area contributed by atoms with E-state index in [1.165, 1.54) is 10.4 Å². The number of amides is 1. The molecule has 0 radical (unpaired) electrons. The number of rotatable bonds is 8. The third-order valence-corrected chi connectivity index (χ3v) is 6.54. The van der Waals surface area contributed by atoms with Crippen molar-refractivity contribution in [3.8, 4) is 0 Å². The maximum atomic E-state index is 12.6. The number of anilines is 1. The molecule has 0 bridgehead atoms. The lowest BCUT2D eigenvalue weighted by Crippen LogP contribution is -2.43. The second-order valence-corrected chi connectivity index (χ2v) is 8.26. The normalized spacial score (nSPS) is 11.6. The van der Waals surface area contributed by atoms with Crippen LogP contribution in [0.15, 0.2) is 47.5 Å². The maximum absolute atomic E-state index is 12.6. The summed E-state index contributed by atoms with van der Waals surface area (Å²) in [6, 6.07) is 10.4. The first-order chi connectivity index (χ1) is 12.8. The Morgan fingerprint density at radius 1 is 1.11 bits per heavy atom. The Morgan fingerprint density at radius 3 is 2.44 bits per heavy atom. The molecule has 1 amide bonds. The molecule has 0 fully saturated rings. The number of aromatic nitrogens is 1. The Balaban J connectivity index is 2.18. The highest BCUT2D eigenvalue weighted by Crippen LogP contribution is 2.19. The molecule has 7 heteroatoms. The molecular formula is C20H28N3O3S+. The van der Waals surface area contributed by atoms with Gasteiger partial charge in [0.25, 0.3) is 5.91 Å². The van der Waals surface area contributed by atoms with E-state index in [9.17, 15) is 13.2 Å². The van der Waals surface area contributed by atoms with Gasteiger partial charge >= 0.3 is 0 Å². The standard InChI is InChI=1S/C20H27N3O3S/c1-5-17-12-11-16(4)22(14-17)15-20(24)21-18-9-8-10-19(13-18)27(25,26)23(6-2)7-3/h8-14H,5-7,15H2,1-4H3/p+1. The van der Waals surface area contributed by atoms with Crippen molar-refractivity contribution in [2.75, 3.05) is 18.4 Å². The number of hydrogen-bond acceptors (Lipinski definition) is 3. The summed E-state index contributed by atoms with van der Waals surface area (Å²) in [5.74, 6) is -0.200. The molecule has 146 valence electrons. The number of benzene rings is 1. The number of pyridine rings is 1. The fraction of sp³-hybridized carbons (Fsp3) is 0.400. The molecule has 6 nitrogen and oxygen atoms in total. The molecule has 1 aromatic heterocycles. The predicted octanol–water partition coefficient (Wildman–Crippen LogP) is 2.51. The second kappa shape index (κ2) is 9.10. The molecule has 0 aliphatic carbocycles. The van der Waals surface area contributed by atoms with E-state index >= 15 is 0 Å². The Kier molecular flexibility index (Phi) is 7.10. The number of hydrogen-bond donors (Lipinski definition) is 1. The van der Waals surface area contributed by atoms with Crippen LogP contribution in [0.25, 0.3) is 0 Å². The van der Waals surface area contributed by atoms with Crippen LogP contribution in [0.5, 0.6) is 0 Å². The largest absolute Gasteiger partial charge is 0.321 e. The lowest BCUT2D eigenvalue weighted by atomic mass is 10.2. The highest BCUT2D eigenvalue weighted by atomic mass is 32.2. The minimum absolute atomic E-state index is 0.173. The molecule has 0 aliphatic rings. The van der Waals surface area contributed by atoms with E-state index in [0.717, 1.165) is 17.7 Å². The van der Waals surface area contributed by atoms with Crippen molar-refractivity contribution in [1.29, 1.82) is 0 Å². The van der Waals surface area contributed by atoms with Crippen molar-refractivity contribution in [2.45, 2.75) is 45.6 Å². The highest BCUT2D eigenvalue weighted by molar-refractivity contribution is 7.89. The van der Waals surface area contributed by atoms with Crippen LogP contribution < -0.4 is 9.88 Å². The van der Waals surface area contributed by atoms with Crippen molar-refractivity contribution < 1.29 is 17.8 Å². The third kappa shape index (κ3) is 5.14. The van der Waals surface area contributed by atoms with Gasteiger partial charge in [0.05, 0.1) is 4.90 Å². The number of sulfonamides is 1. The molecule has 0 spiro atoms. The van der Waals surface area contributed by atoms with Crippen LogP contribution in [0, 0.1) is 6.92 Å². The van der Waals surface area contributed by atoms with Crippen LogP contribution in [0.2, 0.25) is 0 Å². The molecule has 1 N–H and O–H groups in total. The number of aryl methyl sites for hydroxylation is 2. The van der Waals surface area contributed by atoms with Crippen LogP contribution in [0.4, 0.5) is 5.69 Å². The van der Waals surface area contributed by atoms with Crippen molar-refractivity contribution in [3.63, 3.8) is 0 Å². The van der Waals surface area contributed by atoms with Gasteiger partial charge in [-0.15, -0.1) is 0 Å². The molecule has 0 aliphatic heterocycles. The number of carbonyl (C=O) groups is 1. The molecule has 0 atom stereocenters. The molecule has 0 unspecified atom stereocenters. The Hall–Kier alpha value is -2.25. The molecule has 0 saturated carbocycles. The molecule has 2 aromatic rings. The van der Waals surface area contributed by atoms with E-state index in [2.05, 4.69) is 12.2 Å². The van der Waals surface area contributed by atoms with Gasteiger partial charge < -0.3 is 5.32 Å². The zero-order valence-electron chi connectivity index (χ0n) is 16.4. The van der Waals surface area contributed by atoms with Crippen LogP contribution in [0.3, 0.4) is 0 Å². The van der Waals surface area contributed by atoms with E-state index in [1.54, 1.807) is 32.0 Å². The maximum Gasteiger partial charge on any atom is 0.290 e. The SMILES string of the molecule is CCc1ccc(C)[n+](CC(=O)Nc2cccc(S(=O)(=O)N(CC)CC)c2)c1. The van der Waals surface area contributed by atoms with Crippen molar-refractivity contribution in [1.82, 2.24) is 4.31 Å². The average Bonchev–Trinajstić information content (AvgIpc) is 2.64. The van der Waals surface area contributed by atoms with Crippen molar-refractivity contribution >= 4 is 21.6 Å². The summed E-state index contributed by atoms with van der Waals surface area (Å²) >= 11 is 0. The Morgan fingerprint density at radius 2 is 1.81 bits per heavy atom. The van der Waals surface area contributed by atoms with Gasteiger partial charge in [-0.25, -0.2) is 8.42 Å². The summed E-state index contributed by atoms with van der Waals surface area (Å²) in [6.07, 6.45) is 2.86. The number of nitrogens with zero attached hydrogens (tertiary/aromatic N) is 2. The second-order valence-electron chi connectivity index (χ2n) is 6.33. The summed E-state index contributed by atoms with van der Waals surface area (Å²) in [6.45, 7) is 8.60. The molecule has 2 rings (SSSR count). The van der Waals surface area contributed by atoms with Gasteiger partial charge in [0.1, 0.15) is 0 Å². The third-order valence-electron chi connectivity index (χ3n) is 4.50. The van der Waals surface area contributed by atoms with Gasteiger partial charge in [-0.2, -0.15) is 8.87 Å². The molecule has 27 heavy (non-hydrogen) atoms. The summed E-state index contributed by atoms with van der Waals surface area (Å²) in [5, 5.41) is 2.80. The van der Waals surface area contributed by atoms with Gasteiger partial charge in [0.15, 0.2) is 11.9 Å². The minimum atomic E-state index is -3.56. The highest BCUT2D eigenvalue weighted by Gasteiger charge is 2.22.